The number of nitrogens with zero attached hydrogens (tertiary/aromatic N) is 1. The first-order valence-electron chi connectivity index (χ1n) is 6.05. The van der Waals surface area contributed by atoms with Crippen LogP contribution >= 0.6 is 0 Å². The van der Waals surface area contributed by atoms with Gasteiger partial charge in [0.25, 0.3) is 0 Å². The molecule has 0 aliphatic heterocycles. The summed E-state index contributed by atoms with van der Waals surface area (Å²) in [6, 6.07) is 9.59. The van der Waals surface area contributed by atoms with Gasteiger partial charge in [-0.05, 0) is 24.6 Å². The van der Waals surface area contributed by atoms with Crippen molar-refractivity contribution >= 4 is 16.7 Å². The van der Waals surface area contributed by atoms with Crippen LogP contribution in [-0.2, 0) is 4.74 Å². The fourth-order valence-electron chi connectivity index (χ4n) is 1.83. The largest absolute Gasteiger partial charge is 0.486 e. The Hall–Kier alpha value is -1.81. The van der Waals surface area contributed by atoms with Crippen LogP contribution in [0.15, 0.2) is 30.3 Å². The lowest BCUT2D eigenvalue weighted by Gasteiger charge is -2.17. The molecule has 0 saturated carbocycles. The maximum atomic E-state index is 5.93. The van der Waals surface area contributed by atoms with E-state index in [9.17, 15) is 0 Å². The van der Waals surface area contributed by atoms with E-state index < -0.39 is 0 Å². The summed E-state index contributed by atoms with van der Waals surface area (Å²) in [7, 11) is 1.67. The van der Waals surface area contributed by atoms with Gasteiger partial charge in [0.15, 0.2) is 0 Å². The van der Waals surface area contributed by atoms with Crippen molar-refractivity contribution in [1.29, 1.82) is 0 Å². The maximum Gasteiger partial charge on any atom is 0.146 e. The molecule has 2 aromatic rings. The van der Waals surface area contributed by atoms with Gasteiger partial charge in [0.2, 0.25) is 0 Å². The van der Waals surface area contributed by atoms with Crippen LogP contribution in [0.2, 0.25) is 0 Å². The Morgan fingerprint density at radius 1 is 1.28 bits per heavy atom. The third kappa shape index (κ3) is 2.71. The van der Waals surface area contributed by atoms with Crippen LogP contribution in [0.5, 0.6) is 5.75 Å². The molecule has 0 fully saturated rings. The van der Waals surface area contributed by atoms with Crippen LogP contribution < -0.4 is 10.5 Å². The molecule has 2 N–H and O–H groups in total. The van der Waals surface area contributed by atoms with Crippen molar-refractivity contribution < 1.29 is 9.47 Å². The Labute approximate surface area is 107 Å². The first-order chi connectivity index (χ1) is 8.74. The summed E-state index contributed by atoms with van der Waals surface area (Å²) < 4.78 is 11.1. The maximum absolute atomic E-state index is 5.93. The van der Waals surface area contributed by atoms with E-state index in [1.165, 1.54) is 0 Å². The summed E-state index contributed by atoms with van der Waals surface area (Å²) in [6.07, 6.45) is 0.913. The smallest absolute Gasteiger partial charge is 0.146 e. The van der Waals surface area contributed by atoms with Crippen LogP contribution in [0, 0.1) is 0 Å². The second-order valence-corrected chi connectivity index (χ2v) is 4.17. The Balaban J connectivity index is 2.34. The Morgan fingerprint density at radius 3 is 2.83 bits per heavy atom. The minimum absolute atomic E-state index is 0.0313. The molecule has 2 rings (SSSR count). The number of hydrogen-bond donors (Lipinski definition) is 1. The van der Waals surface area contributed by atoms with Crippen molar-refractivity contribution in [3.63, 3.8) is 0 Å². The molecule has 96 valence electrons. The molecule has 1 atom stereocenters. The molecule has 0 radical (unpaired) electrons. The van der Waals surface area contributed by atoms with E-state index in [0.29, 0.717) is 12.4 Å². The molecule has 1 aromatic carbocycles. The van der Waals surface area contributed by atoms with Crippen molar-refractivity contribution in [2.24, 2.45) is 0 Å². The monoisotopic (exact) mass is 246 g/mol. The van der Waals surface area contributed by atoms with Crippen molar-refractivity contribution in [3.8, 4) is 5.75 Å². The van der Waals surface area contributed by atoms with Gasteiger partial charge in [-0.2, -0.15) is 0 Å². The number of methoxy groups -OCH3 is 1. The third-order valence-electron chi connectivity index (χ3n) is 2.81. The molecule has 4 nitrogen and oxygen atoms in total. The van der Waals surface area contributed by atoms with Crippen LogP contribution in [-0.4, -0.2) is 24.8 Å². The summed E-state index contributed by atoms with van der Waals surface area (Å²) in [5.41, 5.74) is 6.52. The van der Waals surface area contributed by atoms with E-state index in [-0.39, 0.29) is 6.10 Å². The summed E-state index contributed by atoms with van der Waals surface area (Å²) >= 11 is 0. The standard InChI is InChI=1S/C14H18N2O2/c1-3-11(9-17-2)18-12-6-4-5-10-7-8-13(15)16-14(10)12/h4-8,11H,3,9H2,1-2H3,(H2,15,16). The highest BCUT2D eigenvalue weighted by molar-refractivity contribution is 5.85. The van der Waals surface area contributed by atoms with Gasteiger partial charge in [-0.3, -0.25) is 0 Å². The van der Waals surface area contributed by atoms with Crippen molar-refractivity contribution in [1.82, 2.24) is 4.98 Å². The lowest BCUT2D eigenvalue weighted by molar-refractivity contribution is 0.0797. The number of anilines is 1. The van der Waals surface area contributed by atoms with E-state index in [2.05, 4.69) is 11.9 Å². The second kappa shape index (κ2) is 5.69. The van der Waals surface area contributed by atoms with E-state index in [1.54, 1.807) is 13.2 Å². The zero-order valence-corrected chi connectivity index (χ0v) is 10.7. The normalized spacial score (nSPS) is 12.6. The molecule has 0 bridgehead atoms. The summed E-state index contributed by atoms with van der Waals surface area (Å²) in [5, 5.41) is 1.02. The molecule has 1 unspecified atom stereocenters. The number of benzene rings is 1. The van der Waals surface area contributed by atoms with Gasteiger partial charge in [0, 0.05) is 12.5 Å². The minimum atomic E-state index is 0.0313. The van der Waals surface area contributed by atoms with Crippen molar-refractivity contribution in [2.75, 3.05) is 19.5 Å². The van der Waals surface area contributed by atoms with Gasteiger partial charge in [-0.1, -0.05) is 19.1 Å². The average Bonchev–Trinajstić information content (AvgIpc) is 2.38. The number of nitrogens with two attached hydrogens (primary N) is 1. The first-order valence-corrected chi connectivity index (χ1v) is 6.05. The minimum Gasteiger partial charge on any atom is -0.486 e. The molecule has 4 heteroatoms. The number of nitrogen functional groups attached to an aromatic ring is 1. The predicted molar refractivity (Wildman–Crippen MR) is 72.7 cm³/mol. The Bertz CT molecular complexity index is 528. The summed E-state index contributed by atoms with van der Waals surface area (Å²) in [6.45, 7) is 2.63. The molecular formula is C14H18N2O2. The van der Waals surface area contributed by atoms with Crippen LogP contribution in [0.1, 0.15) is 13.3 Å². The third-order valence-corrected chi connectivity index (χ3v) is 2.81. The zero-order valence-electron chi connectivity index (χ0n) is 10.7. The molecule has 1 aromatic heterocycles. The van der Waals surface area contributed by atoms with Gasteiger partial charge < -0.3 is 15.2 Å². The molecule has 1 heterocycles. The highest BCUT2D eigenvalue weighted by Gasteiger charge is 2.11. The Kier molecular flexibility index (Phi) is 3.99. The Morgan fingerprint density at radius 2 is 2.11 bits per heavy atom. The van der Waals surface area contributed by atoms with E-state index in [0.717, 1.165) is 23.1 Å². The fraction of sp³-hybridized carbons (Fsp3) is 0.357. The topological polar surface area (TPSA) is 57.4 Å². The number of pyridine rings is 1. The van der Waals surface area contributed by atoms with Gasteiger partial charge in [-0.15, -0.1) is 0 Å². The van der Waals surface area contributed by atoms with E-state index >= 15 is 0 Å². The van der Waals surface area contributed by atoms with Crippen LogP contribution in [0.25, 0.3) is 10.9 Å². The van der Waals surface area contributed by atoms with E-state index in [1.807, 2.05) is 24.3 Å². The highest BCUT2D eigenvalue weighted by atomic mass is 16.5. The molecule has 18 heavy (non-hydrogen) atoms. The SMILES string of the molecule is CCC(COC)Oc1cccc2ccc(N)nc12. The number of ether oxygens (including phenoxy) is 2. The number of rotatable bonds is 5. The highest BCUT2D eigenvalue weighted by Crippen LogP contribution is 2.25. The first kappa shape index (κ1) is 12.6. The van der Waals surface area contributed by atoms with Gasteiger partial charge in [0.1, 0.15) is 23.2 Å². The number of hydrogen-bond acceptors (Lipinski definition) is 4. The van der Waals surface area contributed by atoms with E-state index in [4.69, 9.17) is 15.2 Å². The molecule has 0 spiro atoms. The lowest BCUT2D eigenvalue weighted by Crippen LogP contribution is -2.21. The van der Waals surface area contributed by atoms with Gasteiger partial charge in [0.05, 0.1) is 6.61 Å². The molecule has 0 saturated heterocycles. The van der Waals surface area contributed by atoms with Gasteiger partial charge in [-0.25, -0.2) is 4.98 Å². The average molecular weight is 246 g/mol. The number of fused-ring (bicyclic) bond motifs is 1. The zero-order chi connectivity index (χ0) is 13.0. The molecule has 0 aliphatic rings. The quantitative estimate of drug-likeness (QED) is 0.881. The van der Waals surface area contributed by atoms with Crippen LogP contribution in [0.3, 0.4) is 0 Å². The second-order valence-electron chi connectivity index (χ2n) is 4.17. The summed E-state index contributed by atoms with van der Waals surface area (Å²) in [5.74, 6) is 1.25. The molecular weight excluding hydrogens is 228 g/mol. The molecule has 0 aliphatic carbocycles. The fourth-order valence-corrected chi connectivity index (χ4v) is 1.83. The number of aromatic nitrogens is 1. The van der Waals surface area contributed by atoms with Crippen molar-refractivity contribution in [3.05, 3.63) is 30.3 Å². The molecule has 0 amide bonds. The van der Waals surface area contributed by atoms with Crippen LogP contribution in [0.4, 0.5) is 5.82 Å². The number of para-hydroxylation sites is 1. The van der Waals surface area contributed by atoms with Crippen molar-refractivity contribution in [2.45, 2.75) is 19.4 Å². The van der Waals surface area contributed by atoms with Gasteiger partial charge >= 0.3 is 0 Å². The predicted octanol–water partition coefficient (Wildman–Crippen LogP) is 2.62. The lowest BCUT2D eigenvalue weighted by atomic mass is 10.2. The summed E-state index contributed by atoms with van der Waals surface area (Å²) in [4.78, 5) is 4.34.